The average molecular weight is 346 g/mol. The number of carbonyl (C=O) groups is 1. The van der Waals surface area contributed by atoms with Gasteiger partial charge in [0.15, 0.2) is 0 Å². The third kappa shape index (κ3) is 4.03. The van der Waals surface area contributed by atoms with Gasteiger partial charge in [-0.05, 0) is 41.1 Å². The molecule has 23 heavy (non-hydrogen) atoms. The van der Waals surface area contributed by atoms with Gasteiger partial charge in [-0.25, -0.2) is 4.39 Å². The van der Waals surface area contributed by atoms with Crippen molar-refractivity contribution in [2.75, 3.05) is 11.1 Å². The first-order chi connectivity index (χ1) is 11.1. The van der Waals surface area contributed by atoms with Crippen LogP contribution in [0.4, 0.5) is 10.1 Å². The quantitative estimate of drug-likeness (QED) is 0.645. The molecule has 0 aliphatic rings. The van der Waals surface area contributed by atoms with Gasteiger partial charge in [-0.3, -0.25) is 4.79 Å². The van der Waals surface area contributed by atoms with E-state index in [0.29, 0.717) is 5.02 Å². The molecule has 0 radical (unpaired) electrons. The molecule has 0 aliphatic carbocycles. The third-order valence-electron chi connectivity index (χ3n) is 3.29. The minimum atomic E-state index is -0.501. The summed E-state index contributed by atoms with van der Waals surface area (Å²) in [6.45, 7) is 0. The first-order valence-corrected chi connectivity index (χ1v) is 8.35. The number of carbonyl (C=O) groups excluding carboxylic acids is 1. The van der Waals surface area contributed by atoms with E-state index in [4.69, 9.17) is 11.6 Å². The Hall–Kier alpha value is -2.04. The Morgan fingerprint density at radius 1 is 1.04 bits per heavy atom. The highest BCUT2D eigenvalue weighted by Crippen LogP contribution is 2.24. The molecule has 0 bridgehead atoms. The van der Waals surface area contributed by atoms with Crippen LogP contribution in [0.15, 0.2) is 65.6 Å². The zero-order valence-electron chi connectivity index (χ0n) is 12.1. The largest absolute Gasteiger partial charge is 0.323 e. The molecule has 3 aromatic rings. The number of amides is 1. The van der Waals surface area contributed by atoms with Crippen molar-refractivity contribution < 1.29 is 9.18 Å². The topological polar surface area (TPSA) is 29.1 Å². The fourth-order valence-electron chi connectivity index (χ4n) is 2.19. The Balaban J connectivity index is 1.64. The molecular formula is C18H13ClFNOS. The van der Waals surface area contributed by atoms with Crippen LogP contribution in [-0.2, 0) is 4.79 Å². The first-order valence-electron chi connectivity index (χ1n) is 6.98. The zero-order valence-corrected chi connectivity index (χ0v) is 13.6. The number of halogens is 2. The minimum absolute atomic E-state index is 0.0987. The summed E-state index contributed by atoms with van der Waals surface area (Å²) in [5, 5.41) is 5.20. The van der Waals surface area contributed by atoms with E-state index in [9.17, 15) is 9.18 Å². The van der Waals surface area contributed by atoms with E-state index >= 15 is 0 Å². The molecule has 3 rings (SSSR count). The second kappa shape index (κ2) is 7.02. The van der Waals surface area contributed by atoms with Crippen LogP contribution in [0.25, 0.3) is 10.8 Å². The van der Waals surface area contributed by atoms with Crippen molar-refractivity contribution in [3.05, 3.63) is 71.5 Å². The summed E-state index contributed by atoms with van der Waals surface area (Å²) in [6, 6.07) is 18.1. The van der Waals surface area contributed by atoms with Gasteiger partial charge < -0.3 is 5.32 Å². The Bertz CT molecular complexity index is 869. The standard InChI is InChI=1S/C18H13ClFNOS/c19-14-6-8-16(20)17(10-14)21-18(22)11-23-15-7-5-12-3-1-2-4-13(12)9-15/h1-10H,11H2,(H,21,22). The number of rotatable bonds is 4. The predicted molar refractivity (Wildman–Crippen MR) is 94.7 cm³/mol. The van der Waals surface area contributed by atoms with Gasteiger partial charge in [-0.2, -0.15) is 0 Å². The van der Waals surface area contributed by atoms with Crippen LogP contribution < -0.4 is 5.32 Å². The van der Waals surface area contributed by atoms with Crippen molar-refractivity contribution in [2.24, 2.45) is 0 Å². The number of benzene rings is 3. The van der Waals surface area contributed by atoms with Crippen molar-refractivity contribution in [1.29, 1.82) is 0 Å². The van der Waals surface area contributed by atoms with Crippen LogP contribution in [0.3, 0.4) is 0 Å². The van der Waals surface area contributed by atoms with Gasteiger partial charge in [0.05, 0.1) is 11.4 Å². The van der Waals surface area contributed by atoms with E-state index in [1.165, 1.54) is 30.0 Å². The molecule has 2 nitrogen and oxygen atoms in total. The normalized spacial score (nSPS) is 10.7. The summed E-state index contributed by atoms with van der Waals surface area (Å²) < 4.78 is 13.6. The molecule has 0 atom stereocenters. The molecule has 0 fully saturated rings. The molecule has 0 aliphatic heterocycles. The summed E-state index contributed by atoms with van der Waals surface area (Å²) in [4.78, 5) is 13.0. The number of hydrogen-bond donors (Lipinski definition) is 1. The van der Waals surface area contributed by atoms with Crippen LogP contribution in [0.2, 0.25) is 5.02 Å². The second-order valence-corrected chi connectivity index (χ2v) is 6.46. The Morgan fingerprint density at radius 3 is 2.65 bits per heavy atom. The fraction of sp³-hybridized carbons (Fsp3) is 0.0556. The van der Waals surface area contributed by atoms with E-state index in [1.54, 1.807) is 0 Å². The summed E-state index contributed by atoms with van der Waals surface area (Å²) in [7, 11) is 0. The Morgan fingerprint density at radius 2 is 1.83 bits per heavy atom. The fourth-order valence-corrected chi connectivity index (χ4v) is 3.10. The summed E-state index contributed by atoms with van der Waals surface area (Å²) >= 11 is 7.21. The molecule has 0 saturated carbocycles. The SMILES string of the molecule is O=C(CSc1ccc2ccccc2c1)Nc1cc(Cl)ccc1F. The molecule has 0 unspecified atom stereocenters. The zero-order chi connectivity index (χ0) is 16.2. The maximum atomic E-state index is 13.6. The monoisotopic (exact) mass is 345 g/mol. The van der Waals surface area contributed by atoms with Crippen LogP contribution in [0, 0.1) is 5.82 Å². The minimum Gasteiger partial charge on any atom is -0.323 e. The number of thioether (sulfide) groups is 1. The van der Waals surface area contributed by atoms with Crippen LogP contribution in [-0.4, -0.2) is 11.7 Å². The number of fused-ring (bicyclic) bond motifs is 1. The van der Waals surface area contributed by atoms with E-state index < -0.39 is 5.82 Å². The third-order valence-corrected chi connectivity index (χ3v) is 4.52. The highest BCUT2D eigenvalue weighted by Gasteiger charge is 2.08. The van der Waals surface area contributed by atoms with Gasteiger partial charge in [0.2, 0.25) is 5.91 Å². The first kappa shape index (κ1) is 15.8. The molecule has 0 heterocycles. The lowest BCUT2D eigenvalue weighted by Gasteiger charge is -2.07. The van der Waals surface area contributed by atoms with Crippen molar-refractivity contribution in [2.45, 2.75) is 4.90 Å². The van der Waals surface area contributed by atoms with Gasteiger partial charge >= 0.3 is 0 Å². The van der Waals surface area contributed by atoms with Gasteiger partial charge in [0.25, 0.3) is 0 Å². The van der Waals surface area contributed by atoms with Gasteiger partial charge in [-0.1, -0.05) is 41.9 Å². The predicted octanol–water partition coefficient (Wildman–Crippen LogP) is 5.36. The highest BCUT2D eigenvalue weighted by atomic mass is 35.5. The smallest absolute Gasteiger partial charge is 0.234 e. The van der Waals surface area contributed by atoms with Crippen molar-refractivity contribution >= 4 is 45.7 Å². The van der Waals surface area contributed by atoms with E-state index in [2.05, 4.69) is 5.32 Å². The van der Waals surface area contributed by atoms with Crippen LogP contribution in [0.1, 0.15) is 0 Å². The van der Waals surface area contributed by atoms with E-state index in [1.807, 2.05) is 42.5 Å². The molecule has 1 N–H and O–H groups in total. The lowest BCUT2D eigenvalue weighted by molar-refractivity contribution is -0.113. The molecule has 5 heteroatoms. The lowest BCUT2D eigenvalue weighted by atomic mass is 10.1. The summed E-state index contributed by atoms with van der Waals surface area (Å²) in [6.07, 6.45) is 0. The Kier molecular flexibility index (Phi) is 4.84. The molecule has 0 saturated heterocycles. The summed E-state index contributed by atoms with van der Waals surface area (Å²) in [5.74, 6) is -0.576. The molecule has 0 spiro atoms. The average Bonchev–Trinajstić information content (AvgIpc) is 2.56. The van der Waals surface area contributed by atoms with Crippen molar-refractivity contribution in [3.8, 4) is 0 Å². The van der Waals surface area contributed by atoms with Crippen LogP contribution >= 0.6 is 23.4 Å². The molecule has 3 aromatic carbocycles. The number of anilines is 1. The van der Waals surface area contributed by atoms with Gasteiger partial charge in [0, 0.05) is 9.92 Å². The number of hydrogen-bond acceptors (Lipinski definition) is 2. The maximum Gasteiger partial charge on any atom is 0.234 e. The van der Waals surface area contributed by atoms with E-state index in [-0.39, 0.29) is 17.3 Å². The molecule has 1 amide bonds. The lowest BCUT2D eigenvalue weighted by Crippen LogP contribution is -2.15. The molecule has 0 aromatic heterocycles. The molecule has 116 valence electrons. The molecular weight excluding hydrogens is 333 g/mol. The van der Waals surface area contributed by atoms with Crippen molar-refractivity contribution in [1.82, 2.24) is 0 Å². The van der Waals surface area contributed by atoms with E-state index in [0.717, 1.165) is 15.7 Å². The second-order valence-electron chi connectivity index (χ2n) is 4.97. The maximum absolute atomic E-state index is 13.6. The van der Waals surface area contributed by atoms with Crippen molar-refractivity contribution in [3.63, 3.8) is 0 Å². The summed E-state index contributed by atoms with van der Waals surface area (Å²) in [5.41, 5.74) is 0.0987. The Labute approximate surface area is 142 Å². The van der Waals surface area contributed by atoms with Gasteiger partial charge in [-0.15, -0.1) is 11.8 Å². The highest BCUT2D eigenvalue weighted by molar-refractivity contribution is 8.00. The van der Waals surface area contributed by atoms with Crippen LogP contribution in [0.5, 0.6) is 0 Å². The van der Waals surface area contributed by atoms with Gasteiger partial charge in [0.1, 0.15) is 5.82 Å². The number of nitrogens with one attached hydrogen (secondary N) is 1.